The van der Waals surface area contributed by atoms with E-state index in [0.717, 1.165) is 18.8 Å². The summed E-state index contributed by atoms with van der Waals surface area (Å²) in [4.78, 5) is 25.8. The van der Waals surface area contributed by atoms with Crippen LogP contribution >= 0.6 is 0 Å². The van der Waals surface area contributed by atoms with E-state index in [9.17, 15) is 9.59 Å². The number of carbonyl (C=O) groups excluding carboxylic acids is 2. The van der Waals surface area contributed by atoms with Crippen molar-refractivity contribution in [2.75, 3.05) is 14.1 Å². The van der Waals surface area contributed by atoms with Gasteiger partial charge in [0.1, 0.15) is 5.78 Å². The molecular formula is C18H31NO2. The molecule has 120 valence electrons. The van der Waals surface area contributed by atoms with Crippen molar-refractivity contribution in [3.05, 3.63) is 0 Å². The third-order valence-corrected chi connectivity index (χ3v) is 5.55. The Balaban J connectivity index is 1.85. The minimum Gasteiger partial charge on any atom is -0.349 e. The van der Waals surface area contributed by atoms with E-state index < -0.39 is 0 Å². The minimum atomic E-state index is 0.138. The summed E-state index contributed by atoms with van der Waals surface area (Å²) in [7, 11) is 3.56. The van der Waals surface area contributed by atoms with Crippen molar-refractivity contribution in [3.8, 4) is 0 Å². The molecule has 0 aromatic rings. The second kappa shape index (κ2) is 7.95. The Morgan fingerprint density at radius 1 is 0.905 bits per heavy atom. The molecule has 21 heavy (non-hydrogen) atoms. The molecule has 3 atom stereocenters. The third-order valence-electron chi connectivity index (χ3n) is 5.55. The molecule has 0 spiro atoms. The fourth-order valence-corrected chi connectivity index (χ4v) is 4.33. The number of hydrogen-bond acceptors (Lipinski definition) is 2. The van der Waals surface area contributed by atoms with E-state index in [1.54, 1.807) is 19.0 Å². The van der Waals surface area contributed by atoms with Crippen molar-refractivity contribution in [1.82, 2.24) is 4.90 Å². The van der Waals surface area contributed by atoms with E-state index in [1.165, 1.54) is 44.9 Å². The monoisotopic (exact) mass is 293 g/mol. The van der Waals surface area contributed by atoms with E-state index in [1.807, 2.05) is 0 Å². The molecule has 2 aliphatic carbocycles. The first-order valence-electron chi connectivity index (χ1n) is 8.82. The lowest BCUT2D eigenvalue weighted by atomic mass is 9.70. The van der Waals surface area contributed by atoms with Gasteiger partial charge in [0, 0.05) is 32.9 Å². The quantitative estimate of drug-likeness (QED) is 0.773. The van der Waals surface area contributed by atoms with Gasteiger partial charge in [-0.05, 0) is 31.1 Å². The average molecular weight is 293 g/mol. The van der Waals surface area contributed by atoms with Crippen LogP contribution in [0.1, 0.15) is 70.6 Å². The molecular weight excluding hydrogens is 262 g/mol. The van der Waals surface area contributed by atoms with Crippen LogP contribution in [0.4, 0.5) is 0 Å². The van der Waals surface area contributed by atoms with Gasteiger partial charge >= 0.3 is 0 Å². The van der Waals surface area contributed by atoms with Crippen molar-refractivity contribution < 1.29 is 9.59 Å². The SMILES string of the molecule is CN(C)C(=O)CCCC(=O)C1CCCCC2CCCCC21. The highest BCUT2D eigenvalue weighted by molar-refractivity contribution is 5.82. The van der Waals surface area contributed by atoms with Crippen molar-refractivity contribution in [1.29, 1.82) is 0 Å². The molecule has 2 rings (SSSR count). The van der Waals surface area contributed by atoms with Crippen LogP contribution in [0.3, 0.4) is 0 Å². The summed E-state index contributed by atoms with van der Waals surface area (Å²) >= 11 is 0. The Kier molecular flexibility index (Phi) is 6.25. The van der Waals surface area contributed by atoms with Crippen molar-refractivity contribution in [2.24, 2.45) is 17.8 Å². The Morgan fingerprint density at radius 2 is 1.52 bits per heavy atom. The molecule has 2 aliphatic rings. The predicted molar refractivity (Wildman–Crippen MR) is 85.0 cm³/mol. The summed E-state index contributed by atoms with van der Waals surface area (Å²) in [6.45, 7) is 0. The number of fused-ring (bicyclic) bond motifs is 1. The van der Waals surface area contributed by atoms with Gasteiger partial charge in [-0.3, -0.25) is 9.59 Å². The zero-order valence-electron chi connectivity index (χ0n) is 13.8. The van der Waals surface area contributed by atoms with Crippen LogP contribution in [0.25, 0.3) is 0 Å². The maximum atomic E-state index is 12.6. The number of rotatable bonds is 5. The van der Waals surface area contributed by atoms with Gasteiger partial charge in [-0.25, -0.2) is 0 Å². The molecule has 1 amide bonds. The zero-order valence-corrected chi connectivity index (χ0v) is 13.8. The van der Waals surface area contributed by atoms with Gasteiger partial charge < -0.3 is 4.90 Å². The van der Waals surface area contributed by atoms with Crippen LogP contribution in [-0.2, 0) is 9.59 Å². The van der Waals surface area contributed by atoms with Gasteiger partial charge in [0.05, 0.1) is 0 Å². The largest absolute Gasteiger partial charge is 0.349 e. The highest BCUT2D eigenvalue weighted by Crippen LogP contribution is 2.43. The van der Waals surface area contributed by atoms with Gasteiger partial charge in [-0.1, -0.05) is 38.5 Å². The Morgan fingerprint density at radius 3 is 2.19 bits per heavy atom. The summed E-state index contributed by atoms with van der Waals surface area (Å²) in [6.07, 6.45) is 12.1. The maximum Gasteiger partial charge on any atom is 0.222 e. The first-order valence-corrected chi connectivity index (χ1v) is 8.82. The highest BCUT2D eigenvalue weighted by atomic mass is 16.2. The van der Waals surface area contributed by atoms with Gasteiger partial charge in [-0.15, -0.1) is 0 Å². The Labute approximate surface area is 129 Å². The van der Waals surface area contributed by atoms with Crippen molar-refractivity contribution >= 4 is 11.7 Å². The molecule has 0 N–H and O–H groups in total. The number of amides is 1. The Bertz CT molecular complexity index is 364. The van der Waals surface area contributed by atoms with Crippen LogP contribution in [0, 0.1) is 17.8 Å². The molecule has 3 heteroatoms. The number of Topliss-reactive ketones (excluding diaryl/α,β-unsaturated/α-hetero) is 1. The summed E-state index contributed by atoms with van der Waals surface area (Å²) in [5.41, 5.74) is 0. The predicted octanol–water partition coefficient (Wildman–Crippen LogP) is 3.81. The van der Waals surface area contributed by atoms with E-state index >= 15 is 0 Å². The highest BCUT2D eigenvalue weighted by Gasteiger charge is 2.36. The summed E-state index contributed by atoms with van der Waals surface area (Å²) in [5, 5.41) is 0. The van der Waals surface area contributed by atoms with Crippen molar-refractivity contribution in [3.63, 3.8) is 0 Å². The fourth-order valence-electron chi connectivity index (χ4n) is 4.33. The third kappa shape index (κ3) is 4.55. The topological polar surface area (TPSA) is 37.4 Å². The maximum absolute atomic E-state index is 12.6. The first-order chi connectivity index (χ1) is 10.1. The lowest BCUT2D eigenvalue weighted by Gasteiger charge is -2.34. The molecule has 2 saturated carbocycles. The molecule has 3 nitrogen and oxygen atoms in total. The molecule has 3 unspecified atom stereocenters. The van der Waals surface area contributed by atoms with E-state index in [0.29, 0.717) is 30.5 Å². The van der Waals surface area contributed by atoms with E-state index in [-0.39, 0.29) is 5.91 Å². The van der Waals surface area contributed by atoms with Gasteiger partial charge in [0.2, 0.25) is 5.91 Å². The minimum absolute atomic E-state index is 0.138. The lowest BCUT2D eigenvalue weighted by Crippen LogP contribution is -2.31. The average Bonchev–Trinajstić information content (AvgIpc) is 2.69. The molecule has 0 aromatic heterocycles. The van der Waals surface area contributed by atoms with Gasteiger partial charge in [0.25, 0.3) is 0 Å². The van der Waals surface area contributed by atoms with Crippen LogP contribution in [0.5, 0.6) is 0 Å². The van der Waals surface area contributed by atoms with Crippen LogP contribution in [0.15, 0.2) is 0 Å². The Hall–Kier alpha value is -0.860. The van der Waals surface area contributed by atoms with Crippen molar-refractivity contribution in [2.45, 2.75) is 70.6 Å². The molecule has 0 aromatic carbocycles. The number of hydrogen-bond donors (Lipinski definition) is 0. The van der Waals surface area contributed by atoms with Crippen LogP contribution in [0.2, 0.25) is 0 Å². The van der Waals surface area contributed by atoms with Crippen LogP contribution in [-0.4, -0.2) is 30.7 Å². The zero-order chi connectivity index (χ0) is 15.2. The molecule has 0 heterocycles. The molecule has 0 bridgehead atoms. The second-order valence-electron chi connectivity index (χ2n) is 7.21. The van der Waals surface area contributed by atoms with Gasteiger partial charge in [0.15, 0.2) is 0 Å². The fraction of sp³-hybridized carbons (Fsp3) is 0.889. The number of carbonyl (C=O) groups is 2. The number of nitrogens with zero attached hydrogens (tertiary/aromatic N) is 1. The standard InChI is InChI=1S/C18H31NO2/c1-19(2)18(21)13-7-12-17(20)16-11-6-4-9-14-8-3-5-10-15(14)16/h14-16H,3-13H2,1-2H3. The van der Waals surface area contributed by atoms with Crippen LogP contribution < -0.4 is 0 Å². The van der Waals surface area contributed by atoms with E-state index in [2.05, 4.69) is 0 Å². The van der Waals surface area contributed by atoms with Gasteiger partial charge in [-0.2, -0.15) is 0 Å². The smallest absolute Gasteiger partial charge is 0.222 e. The number of ketones is 1. The molecule has 2 fully saturated rings. The van der Waals surface area contributed by atoms with E-state index in [4.69, 9.17) is 0 Å². The summed E-state index contributed by atoms with van der Waals surface area (Å²) in [6, 6.07) is 0. The molecule has 0 radical (unpaired) electrons. The summed E-state index contributed by atoms with van der Waals surface area (Å²) < 4.78 is 0. The summed E-state index contributed by atoms with van der Waals surface area (Å²) in [5.74, 6) is 2.34. The second-order valence-corrected chi connectivity index (χ2v) is 7.21. The first kappa shape index (κ1) is 16.5. The molecule has 0 aliphatic heterocycles. The molecule has 0 saturated heterocycles. The normalized spacial score (nSPS) is 29.3. The lowest BCUT2D eigenvalue weighted by molar-refractivity contribution is -0.129.